The summed E-state index contributed by atoms with van der Waals surface area (Å²) in [6.07, 6.45) is 1.16. The second kappa shape index (κ2) is 9.27. The predicted octanol–water partition coefficient (Wildman–Crippen LogP) is 3.69. The van der Waals surface area contributed by atoms with Crippen LogP contribution in [0.4, 0.5) is 11.5 Å². The van der Waals surface area contributed by atoms with Crippen LogP contribution in [-0.4, -0.2) is 28.5 Å². The molecule has 2 aromatic rings. The Kier molecular flexibility index (Phi) is 7.06. The van der Waals surface area contributed by atoms with Crippen molar-refractivity contribution in [2.45, 2.75) is 33.6 Å². The summed E-state index contributed by atoms with van der Waals surface area (Å²) < 4.78 is 4.88. The molecule has 1 aromatic carbocycles. The van der Waals surface area contributed by atoms with Crippen molar-refractivity contribution in [1.82, 2.24) is 5.16 Å². The summed E-state index contributed by atoms with van der Waals surface area (Å²) in [5.41, 5.74) is 3.01. The van der Waals surface area contributed by atoms with Crippen LogP contribution in [-0.2, 0) is 9.59 Å². The second-order valence-corrected chi connectivity index (χ2v) is 6.95. The first-order chi connectivity index (χ1) is 12.0. The molecule has 0 saturated carbocycles. The number of aromatic nitrogens is 1. The van der Waals surface area contributed by atoms with Crippen molar-refractivity contribution in [3.8, 4) is 0 Å². The first-order valence-corrected chi connectivity index (χ1v) is 9.28. The summed E-state index contributed by atoms with van der Waals surface area (Å²) in [5, 5.41) is 9.34. The standard InChI is InChI=1S/C18H23N3O3S/c1-12-6-4-7-13(2)18(12)20-16(22)8-5-9-25-11-17(23)19-15-10-14(3)24-21-15/h4,6-7,10H,5,8-9,11H2,1-3H3,(H,20,22)(H,19,21,23). The number of hydrogen-bond acceptors (Lipinski definition) is 5. The number of rotatable bonds is 8. The number of aryl methyl sites for hydroxylation is 3. The molecule has 0 atom stereocenters. The maximum Gasteiger partial charge on any atom is 0.235 e. The van der Waals surface area contributed by atoms with Gasteiger partial charge in [-0.15, -0.1) is 0 Å². The van der Waals surface area contributed by atoms with Gasteiger partial charge in [-0.05, 0) is 44.1 Å². The van der Waals surface area contributed by atoms with E-state index in [0.29, 0.717) is 23.8 Å². The van der Waals surface area contributed by atoms with E-state index in [2.05, 4.69) is 15.8 Å². The lowest BCUT2D eigenvalue weighted by molar-refractivity contribution is -0.116. The third kappa shape index (κ3) is 6.26. The third-order valence-corrected chi connectivity index (χ3v) is 4.61. The molecule has 0 radical (unpaired) electrons. The van der Waals surface area contributed by atoms with E-state index >= 15 is 0 Å². The van der Waals surface area contributed by atoms with E-state index in [-0.39, 0.29) is 11.8 Å². The molecule has 6 nitrogen and oxygen atoms in total. The maximum absolute atomic E-state index is 12.0. The molecule has 1 aromatic heterocycles. The van der Waals surface area contributed by atoms with Crippen molar-refractivity contribution in [2.24, 2.45) is 0 Å². The third-order valence-electron chi connectivity index (χ3n) is 3.57. The normalized spacial score (nSPS) is 10.5. The molecule has 0 spiro atoms. The van der Waals surface area contributed by atoms with Crippen LogP contribution in [0.1, 0.15) is 29.7 Å². The number of nitrogens with zero attached hydrogens (tertiary/aromatic N) is 1. The van der Waals surface area contributed by atoms with Crippen LogP contribution in [0.15, 0.2) is 28.8 Å². The summed E-state index contributed by atoms with van der Waals surface area (Å²) in [7, 11) is 0. The molecule has 2 N–H and O–H groups in total. The van der Waals surface area contributed by atoms with Crippen LogP contribution < -0.4 is 10.6 Å². The van der Waals surface area contributed by atoms with E-state index in [1.54, 1.807) is 13.0 Å². The molecule has 0 aliphatic rings. The first-order valence-electron chi connectivity index (χ1n) is 8.12. The minimum Gasteiger partial charge on any atom is -0.360 e. The van der Waals surface area contributed by atoms with Crippen LogP contribution in [0.25, 0.3) is 0 Å². The highest BCUT2D eigenvalue weighted by molar-refractivity contribution is 7.99. The Morgan fingerprint density at radius 1 is 1.12 bits per heavy atom. The summed E-state index contributed by atoms with van der Waals surface area (Å²) in [4.78, 5) is 23.8. The Labute approximate surface area is 151 Å². The lowest BCUT2D eigenvalue weighted by Gasteiger charge is -2.11. The fourth-order valence-corrected chi connectivity index (χ4v) is 3.07. The van der Waals surface area contributed by atoms with Gasteiger partial charge in [-0.3, -0.25) is 9.59 Å². The summed E-state index contributed by atoms with van der Waals surface area (Å²) in [6, 6.07) is 7.60. The van der Waals surface area contributed by atoms with Gasteiger partial charge in [0.15, 0.2) is 5.82 Å². The Bertz CT molecular complexity index is 723. The number of para-hydroxylation sites is 1. The molecule has 0 unspecified atom stereocenters. The van der Waals surface area contributed by atoms with Crippen molar-refractivity contribution in [3.05, 3.63) is 41.2 Å². The van der Waals surface area contributed by atoms with E-state index in [1.807, 2.05) is 32.0 Å². The largest absolute Gasteiger partial charge is 0.360 e. The highest BCUT2D eigenvalue weighted by Gasteiger charge is 2.08. The smallest absolute Gasteiger partial charge is 0.235 e. The summed E-state index contributed by atoms with van der Waals surface area (Å²) in [6.45, 7) is 5.72. The molecule has 7 heteroatoms. The highest BCUT2D eigenvalue weighted by atomic mass is 32.2. The second-order valence-electron chi connectivity index (χ2n) is 5.84. The van der Waals surface area contributed by atoms with E-state index in [1.165, 1.54) is 11.8 Å². The van der Waals surface area contributed by atoms with Gasteiger partial charge >= 0.3 is 0 Å². The van der Waals surface area contributed by atoms with Crippen LogP contribution in [0.5, 0.6) is 0 Å². The lowest BCUT2D eigenvalue weighted by atomic mass is 10.1. The molecule has 2 rings (SSSR count). The molecule has 0 fully saturated rings. The summed E-state index contributed by atoms with van der Waals surface area (Å²) >= 11 is 1.49. The minimum atomic E-state index is -0.127. The molecule has 0 saturated heterocycles. The number of benzene rings is 1. The van der Waals surface area contributed by atoms with Gasteiger partial charge in [-0.1, -0.05) is 23.4 Å². The summed E-state index contributed by atoms with van der Waals surface area (Å²) in [5.74, 6) is 2.02. The van der Waals surface area contributed by atoms with E-state index in [0.717, 1.165) is 29.0 Å². The lowest BCUT2D eigenvalue weighted by Crippen LogP contribution is -2.15. The molecule has 2 amide bonds. The van der Waals surface area contributed by atoms with Gasteiger partial charge in [0.1, 0.15) is 5.76 Å². The Morgan fingerprint density at radius 2 is 1.84 bits per heavy atom. The molecule has 0 aliphatic carbocycles. The van der Waals surface area contributed by atoms with Crippen molar-refractivity contribution in [3.63, 3.8) is 0 Å². The fraction of sp³-hybridized carbons (Fsp3) is 0.389. The van der Waals surface area contributed by atoms with Gasteiger partial charge in [-0.2, -0.15) is 11.8 Å². The zero-order valence-electron chi connectivity index (χ0n) is 14.7. The van der Waals surface area contributed by atoms with E-state index < -0.39 is 0 Å². The number of carbonyl (C=O) groups is 2. The number of amides is 2. The Hall–Kier alpha value is -2.28. The Balaban J connectivity index is 1.62. The number of anilines is 2. The highest BCUT2D eigenvalue weighted by Crippen LogP contribution is 2.19. The van der Waals surface area contributed by atoms with Crippen LogP contribution in [0.3, 0.4) is 0 Å². The fourth-order valence-electron chi connectivity index (χ4n) is 2.32. The molecule has 0 bridgehead atoms. The number of thioether (sulfide) groups is 1. The van der Waals surface area contributed by atoms with Gasteiger partial charge < -0.3 is 15.2 Å². The van der Waals surface area contributed by atoms with Crippen molar-refractivity contribution < 1.29 is 14.1 Å². The van der Waals surface area contributed by atoms with Gasteiger partial charge in [-0.25, -0.2) is 0 Å². The van der Waals surface area contributed by atoms with Crippen molar-refractivity contribution in [2.75, 3.05) is 22.1 Å². The van der Waals surface area contributed by atoms with E-state index in [4.69, 9.17) is 4.52 Å². The quantitative estimate of drug-likeness (QED) is 0.701. The van der Waals surface area contributed by atoms with Crippen LogP contribution in [0, 0.1) is 20.8 Å². The molecule has 25 heavy (non-hydrogen) atoms. The molecule has 0 aliphatic heterocycles. The van der Waals surface area contributed by atoms with Gasteiger partial charge in [0.05, 0.1) is 5.75 Å². The average molecular weight is 361 g/mol. The van der Waals surface area contributed by atoms with Gasteiger partial charge in [0.25, 0.3) is 0 Å². The number of carbonyl (C=O) groups excluding carboxylic acids is 2. The van der Waals surface area contributed by atoms with Crippen molar-refractivity contribution in [1.29, 1.82) is 0 Å². The van der Waals surface area contributed by atoms with Crippen LogP contribution in [0.2, 0.25) is 0 Å². The number of nitrogens with one attached hydrogen (secondary N) is 2. The molecular formula is C18H23N3O3S. The molecule has 134 valence electrons. The van der Waals surface area contributed by atoms with Gasteiger partial charge in [0, 0.05) is 18.2 Å². The molecule has 1 heterocycles. The minimum absolute atomic E-state index is 0.000485. The van der Waals surface area contributed by atoms with Gasteiger partial charge in [0.2, 0.25) is 11.8 Å². The SMILES string of the molecule is Cc1cc(NC(=O)CSCCCC(=O)Nc2c(C)cccc2C)no1. The Morgan fingerprint density at radius 3 is 2.48 bits per heavy atom. The average Bonchev–Trinajstić information content (AvgIpc) is 2.95. The monoisotopic (exact) mass is 361 g/mol. The predicted molar refractivity (Wildman–Crippen MR) is 101 cm³/mol. The van der Waals surface area contributed by atoms with E-state index in [9.17, 15) is 9.59 Å². The van der Waals surface area contributed by atoms with Crippen molar-refractivity contribution >= 4 is 35.1 Å². The zero-order valence-corrected chi connectivity index (χ0v) is 15.5. The topological polar surface area (TPSA) is 84.2 Å². The zero-order chi connectivity index (χ0) is 18.2. The number of hydrogen-bond donors (Lipinski definition) is 2. The van der Waals surface area contributed by atoms with Crippen LogP contribution >= 0.6 is 11.8 Å². The maximum atomic E-state index is 12.0. The molecular weight excluding hydrogens is 338 g/mol. The first kappa shape index (κ1) is 19.1.